The molecular weight excluding hydrogens is 296 g/mol. The highest BCUT2D eigenvalue weighted by Gasteiger charge is 2.17. The molecule has 118 valence electrons. The van der Waals surface area contributed by atoms with Gasteiger partial charge in [0.1, 0.15) is 0 Å². The van der Waals surface area contributed by atoms with Gasteiger partial charge in [-0.3, -0.25) is 4.79 Å². The van der Waals surface area contributed by atoms with Crippen LogP contribution in [0.1, 0.15) is 32.9 Å². The molecule has 0 aliphatic rings. The molecule has 0 amide bonds. The normalized spacial score (nSPS) is 10.3. The standard InChI is InChI=1S/C21H18N2O/c1-16-7-9-18(10-8-16)21(24)20-12-11-19(13-14-22)23(20)15-17-5-3-2-4-6-17/h2-12H,13,15H2,1H3. The second kappa shape index (κ2) is 6.97. The first kappa shape index (κ1) is 15.8. The third-order valence-corrected chi connectivity index (χ3v) is 4.06. The number of ketones is 1. The molecule has 0 saturated heterocycles. The van der Waals surface area contributed by atoms with Crippen LogP contribution in [0.25, 0.3) is 0 Å². The van der Waals surface area contributed by atoms with Gasteiger partial charge in [-0.2, -0.15) is 5.26 Å². The highest BCUT2D eigenvalue weighted by Crippen LogP contribution is 2.18. The third-order valence-electron chi connectivity index (χ3n) is 4.06. The number of hydrogen-bond acceptors (Lipinski definition) is 2. The quantitative estimate of drug-likeness (QED) is 0.664. The topological polar surface area (TPSA) is 45.8 Å². The number of benzene rings is 2. The van der Waals surface area contributed by atoms with Crippen molar-refractivity contribution in [3.8, 4) is 6.07 Å². The average molecular weight is 314 g/mol. The van der Waals surface area contributed by atoms with E-state index in [1.54, 1.807) is 0 Å². The lowest BCUT2D eigenvalue weighted by Crippen LogP contribution is -2.13. The smallest absolute Gasteiger partial charge is 0.209 e. The summed E-state index contributed by atoms with van der Waals surface area (Å²) in [5.74, 6) is -0.0184. The molecule has 0 fully saturated rings. The summed E-state index contributed by atoms with van der Waals surface area (Å²) in [4.78, 5) is 12.9. The van der Waals surface area contributed by atoms with E-state index in [1.807, 2.05) is 78.2 Å². The zero-order valence-corrected chi connectivity index (χ0v) is 13.6. The van der Waals surface area contributed by atoms with E-state index in [4.69, 9.17) is 5.26 Å². The lowest BCUT2D eigenvalue weighted by Gasteiger charge is -2.12. The van der Waals surface area contributed by atoms with Crippen molar-refractivity contribution in [3.05, 3.63) is 94.8 Å². The predicted molar refractivity (Wildman–Crippen MR) is 93.9 cm³/mol. The van der Waals surface area contributed by atoms with Gasteiger partial charge in [0, 0.05) is 17.8 Å². The molecule has 24 heavy (non-hydrogen) atoms. The molecular formula is C21H18N2O. The van der Waals surface area contributed by atoms with Crippen molar-refractivity contribution >= 4 is 5.78 Å². The Morgan fingerprint density at radius 3 is 2.38 bits per heavy atom. The van der Waals surface area contributed by atoms with Gasteiger partial charge >= 0.3 is 0 Å². The molecule has 0 aliphatic carbocycles. The summed E-state index contributed by atoms with van der Waals surface area (Å²) >= 11 is 0. The van der Waals surface area contributed by atoms with Crippen molar-refractivity contribution in [2.75, 3.05) is 0 Å². The second-order valence-corrected chi connectivity index (χ2v) is 5.81. The van der Waals surface area contributed by atoms with Crippen LogP contribution in [0.2, 0.25) is 0 Å². The van der Waals surface area contributed by atoms with Gasteiger partial charge < -0.3 is 4.57 Å². The molecule has 3 rings (SSSR count). The molecule has 0 saturated carbocycles. The summed E-state index contributed by atoms with van der Waals surface area (Å²) in [6, 6.07) is 23.4. The van der Waals surface area contributed by atoms with Crippen LogP contribution in [0.4, 0.5) is 0 Å². The Kier molecular flexibility index (Phi) is 4.58. The van der Waals surface area contributed by atoms with Gasteiger partial charge in [-0.05, 0) is 24.6 Å². The number of aromatic nitrogens is 1. The molecule has 3 heteroatoms. The Hall–Kier alpha value is -3.12. The van der Waals surface area contributed by atoms with Crippen molar-refractivity contribution in [3.63, 3.8) is 0 Å². The maximum Gasteiger partial charge on any atom is 0.209 e. The highest BCUT2D eigenvalue weighted by molar-refractivity contribution is 6.08. The first-order valence-corrected chi connectivity index (χ1v) is 7.89. The van der Waals surface area contributed by atoms with Gasteiger partial charge in [-0.15, -0.1) is 0 Å². The zero-order valence-electron chi connectivity index (χ0n) is 13.6. The van der Waals surface area contributed by atoms with Crippen LogP contribution in [0, 0.1) is 18.3 Å². The number of nitrogens with zero attached hydrogens (tertiary/aromatic N) is 2. The number of aryl methyl sites for hydroxylation is 1. The Labute approximate surface area is 141 Å². The maximum absolute atomic E-state index is 12.9. The molecule has 0 atom stereocenters. The van der Waals surface area contributed by atoms with E-state index in [-0.39, 0.29) is 12.2 Å². The largest absolute Gasteiger partial charge is 0.336 e. The summed E-state index contributed by atoms with van der Waals surface area (Å²) < 4.78 is 1.95. The Bertz CT molecular complexity index is 884. The minimum Gasteiger partial charge on any atom is -0.336 e. The van der Waals surface area contributed by atoms with Crippen molar-refractivity contribution in [2.45, 2.75) is 19.9 Å². The fourth-order valence-electron chi connectivity index (χ4n) is 2.75. The number of hydrogen-bond donors (Lipinski definition) is 0. The van der Waals surface area contributed by atoms with Gasteiger partial charge in [0.2, 0.25) is 5.78 Å². The Morgan fingerprint density at radius 2 is 1.71 bits per heavy atom. The van der Waals surface area contributed by atoms with Crippen LogP contribution >= 0.6 is 0 Å². The van der Waals surface area contributed by atoms with Crippen LogP contribution in [0.5, 0.6) is 0 Å². The summed E-state index contributed by atoms with van der Waals surface area (Å²) in [6.07, 6.45) is 0.286. The van der Waals surface area contributed by atoms with Crippen LogP contribution in [-0.4, -0.2) is 10.4 Å². The third kappa shape index (κ3) is 3.28. The molecule has 0 aliphatic heterocycles. The number of rotatable bonds is 5. The van der Waals surface area contributed by atoms with Crippen molar-refractivity contribution < 1.29 is 4.79 Å². The molecule has 3 aromatic rings. The zero-order chi connectivity index (χ0) is 16.9. The molecule has 1 heterocycles. The molecule has 0 unspecified atom stereocenters. The first-order chi connectivity index (χ1) is 11.7. The molecule has 2 aromatic carbocycles. The fourth-order valence-corrected chi connectivity index (χ4v) is 2.75. The van der Waals surface area contributed by atoms with Gasteiger partial charge in [-0.1, -0.05) is 60.2 Å². The number of nitriles is 1. The summed E-state index contributed by atoms with van der Waals surface area (Å²) in [5.41, 5.74) is 4.36. The molecule has 1 aromatic heterocycles. The van der Waals surface area contributed by atoms with Crippen molar-refractivity contribution in [2.24, 2.45) is 0 Å². The molecule has 3 nitrogen and oxygen atoms in total. The van der Waals surface area contributed by atoms with E-state index in [2.05, 4.69) is 6.07 Å². The minimum atomic E-state index is -0.0184. The molecule has 0 spiro atoms. The SMILES string of the molecule is Cc1ccc(C(=O)c2ccc(CC#N)n2Cc2ccccc2)cc1. The Balaban J connectivity index is 2.00. The Morgan fingerprint density at radius 1 is 1.00 bits per heavy atom. The average Bonchev–Trinajstić information content (AvgIpc) is 2.99. The van der Waals surface area contributed by atoms with Gasteiger partial charge in [0.05, 0.1) is 18.2 Å². The summed E-state index contributed by atoms with van der Waals surface area (Å²) in [6.45, 7) is 2.58. The van der Waals surface area contributed by atoms with E-state index in [0.29, 0.717) is 17.8 Å². The predicted octanol–water partition coefficient (Wildman–Crippen LogP) is 4.14. The van der Waals surface area contributed by atoms with Crippen molar-refractivity contribution in [1.82, 2.24) is 4.57 Å². The van der Waals surface area contributed by atoms with Crippen molar-refractivity contribution in [1.29, 1.82) is 5.26 Å². The van der Waals surface area contributed by atoms with Gasteiger partial charge in [-0.25, -0.2) is 0 Å². The maximum atomic E-state index is 12.9. The van der Waals surface area contributed by atoms with E-state index in [0.717, 1.165) is 16.8 Å². The van der Waals surface area contributed by atoms with E-state index >= 15 is 0 Å². The number of carbonyl (C=O) groups excluding carboxylic acids is 1. The molecule has 0 radical (unpaired) electrons. The van der Waals surface area contributed by atoms with Crippen LogP contribution in [-0.2, 0) is 13.0 Å². The van der Waals surface area contributed by atoms with Gasteiger partial charge in [0.25, 0.3) is 0 Å². The first-order valence-electron chi connectivity index (χ1n) is 7.89. The summed E-state index contributed by atoms with van der Waals surface area (Å²) in [5, 5.41) is 9.06. The lowest BCUT2D eigenvalue weighted by molar-refractivity contribution is 0.103. The monoisotopic (exact) mass is 314 g/mol. The van der Waals surface area contributed by atoms with Crippen LogP contribution in [0.3, 0.4) is 0 Å². The highest BCUT2D eigenvalue weighted by atomic mass is 16.1. The lowest BCUT2D eigenvalue weighted by atomic mass is 10.1. The molecule has 0 bridgehead atoms. The van der Waals surface area contributed by atoms with E-state index in [1.165, 1.54) is 0 Å². The number of carbonyl (C=O) groups is 1. The van der Waals surface area contributed by atoms with Gasteiger partial charge in [0.15, 0.2) is 0 Å². The minimum absolute atomic E-state index is 0.0184. The fraction of sp³-hybridized carbons (Fsp3) is 0.143. The second-order valence-electron chi connectivity index (χ2n) is 5.81. The van der Waals surface area contributed by atoms with Crippen LogP contribution < -0.4 is 0 Å². The summed E-state index contributed by atoms with van der Waals surface area (Å²) in [7, 11) is 0. The van der Waals surface area contributed by atoms with E-state index < -0.39 is 0 Å². The van der Waals surface area contributed by atoms with Crippen LogP contribution in [0.15, 0.2) is 66.7 Å². The van der Waals surface area contributed by atoms with E-state index in [9.17, 15) is 4.79 Å². The molecule has 0 N–H and O–H groups in total.